The summed E-state index contributed by atoms with van der Waals surface area (Å²) in [6.07, 6.45) is 1.77. The van der Waals surface area contributed by atoms with Crippen molar-refractivity contribution in [3.8, 4) is 0 Å². The summed E-state index contributed by atoms with van der Waals surface area (Å²) in [6.45, 7) is 4.72. The molecule has 1 unspecified atom stereocenters. The molecule has 0 spiro atoms. The van der Waals surface area contributed by atoms with Crippen LogP contribution in [0, 0.1) is 11.8 Å². The Morgan fingerprint density at radius 2 is 2.17 bits per heavy atom. The molecule has 1 aliphatic rings. The molecule has 0 saturated carbocycles. The molecule has 0 bridgehead atoms. The van der Waals surface area contributed by atoms with E-state index in [-0.39, 0.29) is 18.2 Å². The second kappa shape index (κ2) is 6.88. The first kappa shape index (κ1) is 14.3. The van der Waals surface area contributed by atoms with Crippen LogP contribution in [0.1, 0.15) is 20.3 Å². The number of ether oxygens (including phenoxy) is 2. The van der Waals surface area contributed by atoms with Crippen LogP contribution < -0.4 is 5.32 Å². The second-order valence-corrected chi connectivity index (χ2v) is 4.58. The van der Waals surface area contributed by atoms with E-state index in [1.807, 2.05) is 13.8 Å². The van der Waals surface area contributed by atoms with E-state index in [0.29, 0.717) is 19.6 Å². The molecule has 18 heavy (non-hydrogen) atoms. The number of nitrogens with one attached hydrogen (secondary N) is 1. The molecular formula is C12H19NO5. The van der Waals surface area contributed by atoms with Crippen LogP contribution in [-0.4, -0.2) is 36.7 Å². The molecule has 2 N–H and O–H groups in total. The number of aliphatic carboxylic acids is 1. The van der Waals surface area contributed by atoms with E-state index in [1.54, 1.807) is 0 Å². The average Bonchev–Trinajstić information content (AvgIpc) is 2.34. The van der Waals surface area contributed by atoms with Crippen LogP contribution in [0.5, 0.6) is 0 Å². The van der Waals surface area contributed by atoms with Gasteiger partial charge in [0.15, 0.2) is 0 Å². The highest BCUT2D eigenvalue weighted by Gasteiger charge is 2.21. The molecule has 1 amide bonds. The average molecular weight is 257 g/mol. The van der Waals surface area contributed by atoms with Crippen LogP contribution in [0.15, 0.2) is 12.0 Å². The van der Waals surface area contributed by atoms with Gasteiger partial charge in [-0.2, -0.15) is 0 Å². The number of hydrogen-bond donors (Lipinski definition) is 2. The number of carboxylic acids is 1. The van der Waals surface area contributed by atoms with Gasteiger partial charge in [-0.25, -0.2) is 0 Å². The highest BCUT2D eigenvalue weighted by molar-refractivity contribution is 5.91. The highest BCUT2D eigenvalue weighted by Crippen LogP contribution is 2.11. The fourth-order valence-corrected chi connectivity index (χ4v) is 1.63. The third-order valence-electron chi connectivity index (χ3n) is 2.49. The lowest BCUT2D eigenvalue weighted by atomic mass is 9.97. The summed E-state index contributed by atoms with van der Waals surface area (Å²) < 4.78 is 10.0. The van der Waals surface area contributed by atoms with Gasteiger partial charge >= 0.3 is 5.97 Å². The Kier molecular flexibility index (Phi) is 5.48. The maximum atomic E-state index is 11.6. The molecule has 102 valence electrons. The van der Waals surface area contributed by atoms with Crippen LogP contribution in [0.2, 0.25) is 0 Å². The van der Waals surface area contributed by atoms with Gasteiger partial charge in [0, 0.05) is 6.54 Å². The van der Waals surface area contributed by atoms with Crippen LogP contribution in [0.25, 0.3) is 0 Å². The smallest absolute Gasteiger partial charge is 0.308 e. The zero-order chi connectivity index (χ0) is 13.5. The van der Waals surface area contributed by atoms with Crippen LogP contribution in [0.4, 0.5) is 0 Å². The van der Waals surface area contributed by atoms with Crippen molar-refractivity contribution >= 4 is 11.9 Å². The molecular weight excluding hydrogens is 238 g/mol. The lowest BCUT2D eigenvalue weighted by Crippen LogP contribution is -2.35. The highest BCUT2D eigenvalue weighted by atomic mass is 16.6. The summed E-state index contributed by atoms with van der Waals surface area (Å²) in [5.41, 5.74) is 0. The summed E-state index contributed by atoms with van der Waals surface area (Å²) in [6, 6.07) is 0. The first-order valence-electron chi connectivity index (χ1n) is 5.96. The van der Waals surface area contributed by atoms with Gasteiger partial charge in [-0.1, -0.05) is 13.8 Å². The third kappa shape index (κ3) is 4.65. The number of rotatable bonds is 6. The Balaban J connectivity index is 2.43. The fraction of sp³-hybridized carbons (Fsp3) is 0.667. The molecule has 0 saturated heterocycles. The van der Waals surface area contributed by atoms with E-state index >= 15 is 0 Å². The van der Waals surface area contributed by atoms with Gasteiger partial charge in [-0.15, -0.1) is 0 Å². The van der Waals surface area contributed by atoms with Gasteiger partial charge in [0.1, 0.15) is 19.5 Å². The standard InChI is InChI=1S/C12H19NO5/c1-8(2)5-9(12(15)16)6-13-11(14)10-7-17-3-4-18-10/h7-9H,3-6H2,1-2H3,(H,13,14)(H,15,16). The van der Waals surface area contributed by atoms with E-state index in [2.05, 4.69) is 5.32 Å². The quantitative estimate of drug-likeness (QED) is 0.733. The summed E-state index contributed by atoms with van der Waals surface area (Å²) in [4.78, 5) is 22.6. The largest absolute Gasteiger partial charge is 0.494 e. The van der Waals surface area contributed by atoms with Gasteiger partial charge in [0.25, 0.3) is 5.91 Å². The van der Waals surface area contributed by atoms with Crippen LogP contribution >= 0.6 is 0 Å². The first-order chi connectivity index (χ1) is 8.50. The Bertz CT molecular complexity index is 337. The summed E-state index contributed by atoms with van der Waals surface area (Å²) >= 11 is 0. The van der Waals surface area contributed by atoms with Crippen molar-refractivity contribution in [2.45, 2.75) is 20.3 Å². The van der Waals surface area contributed by atoms with E-state index in [0.717, 1.165) is 0 Å². The van der Waals surface area contributed by atoms with E-state index in [4.69, 9.17) is 14.6 Å². The molecule has 1 atom stereocenters. The topological polar surface area (TPSA) is 84.9 Å². The van der Waals surface area contributed by atoms with Crippen molar-refractivity contribution in [1.29, 1.82) is 0 Å². The third-order valence-corrected chi connectivity index (χ3v) is 2.49. The van der Waals surface area contributed by atoms with Gasteiger partial charge in [-0.3, -0.25) is 9.59 Å². The van der Waals surface area contributed by atoms with E-state index in [9.17, 15) is 9.59 Å². The molecule has 0 aromatic carbocycles. The molecule has 0 aromatic heterocycles. The minimum Gasteiger partial charge on any atom is -0.494 e. The maximum Gasteiger partial charge on any atom is 0.308 e. The Labute approximate surface area is 106 Å². The van der Waals surface area contributed by atoms with Crippen molar-refractivity contribution in [3.05, 3.63) is 12.0 Å². The van der Waals surface area contributed by atoms with Gasteiger partial charge in [0.2, 0.25) is 5.76 Å². The minimum atomic E-state index is -0.904. The predicted octanol–water partition coefficient (Wildman–Crippen LogP) is 0.738. The summed E-state index contributed by atoms with van der Waals surface area (Å²) in [5.74, 6) is -1.58. The molecule has 6 nitrogen and oxygen atoms in total. The summed E-state index contributed by atoms with van der Waals surface area (Å²) in [7, 11) is 0. The molecule has 1 heterocycles. The number of carbonyl (C=O) groups is 2. The monoisotopic (exact) mass is 257 g/mol. The van der Waals surface area contributed by atoms with Crippen LogP contribution in [-0.2, 0) is 19.1 Å². The Morgan fingerprint density at radius 1 is 1.44 bits per heavy atom. The van der Waals surface area contributed by atoms with Gasteiger partial charge < -0.3 is 19.9 Å². The number of carbonyl (C=O) groups excluding carboxylic acids is 1. The molecule has 6 heteroatoms. The van der Waals surface area contributed by atoms with Crippen molar-refractivity contribution in [3.63, 3.8) is 0 Å². The molecule has 0 fully saturated rings. The van der Waals surface area contributed by atoms with Gasteiger partial charge in [0.05, 0.1) is 5.92 Å². The second-order valence-electron chi connectivity index (χ2n) is 4.58. The Morgan fingerprint density at radius 3 is 2.67 bits per heavy atom. The number of amides is 1. The predicted molar refractivity (Wildman–Crippen MR) is 63.6 cm³/mol. The molecule has 0 radical (unpaired) electrons. The SMILES string of the molecule is CC(C)CC(CNC(=O)C1=COCCO1)C(=O)O. The lowest BCUT2D eigenvalue weighted by molar-refractivity contribution is -0.142. The molecule has 0 aromatic rings. The zero-order valence-electron chi connectivity index (χ0n) is 10.6. The lowest BCUT2D eigenvalue weighted by Gasteiger charge is -2.18. The number of carboxylic acid groups (broad SMARTS) is 1. The first-order valence-corrected chi connectivity index (χ1v) is 5.96. The van der Waals surface area contributed by atoms with Gasteiger partial charge in [-0.05, 0) is 12.3 Å². The zero-order valence-corrected chi connectivity index (χ0v) is 10.6. The molecule has 1 rings (SSSR count). The normalized spacial score (nSPS) is 16.3. The van der Waals surface area contributed by atoms with E-state index < -0.39 is 17.8 Å². The molecule has 0 aliphatic carbocycles. The van der Waals surface area contributed by atoms with Crippen molar-refractivity contribution in [1.82, 2.24) is 5.32 Å². The summed E-state index contributed by atoms with van der Waals surface area (Å²) in [5, 5.41) is 11.6. The maximum absolute atomic E-state index is 11.6. The number of hydrogen-bond acceptors (Lipinski definition) is 4. The Hall–Kier alpha value is -1.72. The van der Waals surface area contributed by atoms with Crippen molar-refractivity contribution < 1.29 is 24.2 Å². The van der Waals surface area contributed by atoms with Crippen molar-refractivity contribution in [2.24, 2.45) is 11.8 Å². The fourth-order valence-electron chi connectivity index (χ4n) is 1.63. The van der Waals surface area contributed by atoms with Crippen LogP contribution in [0.3, 0.4) is 0 Å². The molecule has 1 aliphatic heterocycles. The van der Waals surface area contributed by atoms with E-state index in [1.165, 1.54) is 6.26 Å². The minimum absolute atomic E-state index is 0.0903. The van der Waals surface area contributed by atoms with Crippen molar-refractivity contribution in [2.75, 3.05) is 19.8 Å².